The van der Waals surface area contributed by atoms with Gasteiger partial charge in [0.25, 0.3) is 0 Å². The van der Waals surface area contributed by atoms with E-state index in [-0.39, 0.29) is 5.41 Å². The average molecular weight is 249 g/mol. The highest BCUT2D eigenvalue weighted by Gasteiger charge is 2.24. The van der Waals surface area contributed by atoms with Crippen molar-refractivity contribution in [2.75, 3.05) is 0 Å². The summed E-state index contributed by atoms with van der Waals surface area (Å²) in [6, 6.07) is 14.4. The number of rotatable bonds is 2. The van der Waals surface area contributed by atoms with Crippen molar-refractivity contribution < 1.29 is 0 Å². The van der Waals surface area contributed by atoms with Crippen LogP contribution in [0.1, 0.15) is 38.8 Å². The number of nitrogens with zero attached hydrogens (tertiary/aromatic N) is 1. The molecule has 0 aromatic heterocycles. The van der Waals surface area contributed by atoms with Crippen LogP contribution in [0.15, 0.2) is 48.0 Å². The highest BCUT2D eigenvalue weighted by atomic mass is 14.3. The summed E-state index contributed by atoms with van der Waals surface area (Å²) in [7, 11) is 0. The molecule has 0 spiro atoms. The molecule has 0 radical (unpaired) electrons. The zero-order valence-electron chi connectivity index (χ0n) is 12.0. The summed E-state index contributed by atoms with van der Waals surface area (Å²) in [6.45, 7) is 8.74. The van der Waals surface area contributed by atoms with Gasteiger partial charge >= 0.3 is 0 Å². The zero-order chi connectivity index (χ0) is 14.0. The van der Waals surface area contributed by atoms with E-state index in [4.69, 9.17) is 5.26 Å². The Hall–Kier alpha value is -2.07. The maximum atomic E-state index is 8.99. The maximum Gasteiger partial charge on any atom is 0.0991 e. The van der Waals surface area contributed by atoms with Gasteiger partial charge in [0.2, 0.25) is 0 Å². The zero-order valence-corrected chi connectivity index (χ0v) is 12.0. The third-order valence-electron chi connectivity index (χ3n) is 4.10. The summed E-state index contributed by atoms with van der Waals surface area (Å²) < 4.78 is 0. The summed E-state index contributed by atoms with van der Waals surface area (Å²) in [4.78, 5) is 0. The molecular weight excluding hydrogens is 230 g/mol. The first-order chi connectivity index (χ1) is 9.00. The van der Waals surface area contributed by atoms with Crippen LogP contribution in [0.2, 0.25) is 0 Å². The Balaban J connectivity index is 2.73. The first kappa shape index (κ1) is 13.4. The van der Waals surface area contributed by atoms with Crippen molar-refractivity contribution in [2.45, 2.75) is 33.1 Å². The lowest BCUT2D eigenvalue weighted by atomic mass is 9.76. The molecule has 0 aliphatic carbocycles. The monoisotopic (exact) mass is 249 g/mol. The van der Waals surface area contributed by atoms with Crippen LogP contribution in [-0.2, 0) is 5.41 Å². The van der Waals surface area contributed by atoms with Crippen molar-refractivity contribution in [2.24, 2.45) is 0 Å². The minimum absolute atomic E-state index is 0.00240. The Bertz CT molecular complexity index is 684. The van der Waals surface area contributed by atoms with Crippen molar-refractivity contribution >= 4 is 10.8 Å². The molecule has 1 heteroatoms. The molecule has 96 valence electrons. The van der Waals surface area contributed by atoms with Crippen LogP contribution in [-0.4, -0.2) is 0 Å². The maximum absolute atomic E-state index is 8.99. The van der Waals surface area contributed by atoms with Gasteiger partial charge in [0.05, 0.1) is 11.6 Å². The summed E-state index contributed by atoms with van der Waals surface area (Å²) in [6.07, 6.45) is 2.17. The van der Waals surface area contributed by atoms with Crippen molar-refractivity contribution in [3.05, 3.63) is 59.2 Å². The average Bonchev–Trinajstić information content (AvgIpc) is 2.44. The van der Waals surface area contributed by atoms with E-state index in [0.717, 1.165) is 5.39 Å². The van der Waals surface area contributed by atoms with Crippen LogP contribution in [0.4, 0.5) is 0 Å². The molecule has 0 aliphatic heterocycles. The topological polar surface area (TPSA) is 23.8 Å². The summed E-state index contributed by atoms with van der Waals surface area (Å²) in [5, 5.41) is 11.4. The van der Waals surface area contributed by atoms with E-state index < -0.39 is 0 Å². The van der Waals surface area contributed by atoms with Gasteiger partial charge in [-0.1, -0.05) is 49.8 Å². The fraction of sp³-hybridized carbons (Fsp3) is 0.278. The van der Waals surface area contributed by atoms with E-state index >= 15 is 0 Å². The van der Waals surface area contributed by atoms with Crippen molar-refractivity contribution in [1.29, 1.82) is 5.26 Å². The molecule has 1 nitrogen and oxygen atoms in total. The summed E-state index contributed by atoms with van der Waals surface area (Å²) in [5.41, 5.74) is 3.38. The summed E-state index contributed by atoms with van der Waals surface area (Å²) in [5.74, 6) is 0. The third-order valence-corrected chi connectivity index (χ3v) is 4.10. The van der Waals surface area contributed by atoms with E-state index in [2.05, 4.69) is 64.1 Å². The fourth-order valence-electron chi connectivity index (χ4n) is 2.47. The van der Waals surface area contributed by atoms with Crippen LogP contribution in [0, 0.1) is 11.3 Å². The number of nitriles is 1. The van der Waals surface area contributed by atoms with Gasteiger partial charge in [-0.3, -0.25) is 0 Å². The van der Waals surface area contributed by atoms with Crippen molar-refractivity contribution in [3.8, 4) is 6.07 Å². The molecule has 0 saturated heterocycles. The van der Waals surface area contributed by atoms with Gasteiger partial charge in [-0.05, 0) is 42.3 Å². The van der Waals surface area contributed by atoms with Gasteiger partial charge < -0.3 is 0 Å². The molecule has 19 heavy (non-hydrogen) atoms. The van der Waals surface area contributed by atoms with Crippen LogP contribution in [0.25, 0.3) is 10.8 Å². The van der Waals surface area contributed by atoms with Gasteiger partial charge in [0.1, 0.15) is 0 Å². The second-order valence-electron chi connectivity index (χ2n) is 5.45. The second kappa shape index (κ2) is 4.90. The standard InChI is InChI=1S/C18H19N/c1-5-13(2)18(3,4)17-8-6-7-15-11-14(12-19)9-10-16(15)17/h5-11H,1-4H3. The highest BCUT2D eigenvalue weighted by Crippen LogP contribution is 2.35. The van der Waals surface area contributed by atoms with Gasteiger partial charge in [0, 0.05) is 5.41 Å². The number of hydrogen-bond acceptors (Lipinski definition) is 1. The third kappa shape index (κ3) is 2.27. The molecule has 0 N–H and O–H groups in total. The van der Waals surface area contributed by atoms with Gasteiger partial charge in [-0.2, -0.15) is 5.26 Å². The largest absolute Gasteiger partial charge is 0.192 e. The minimum atomic E-state index is 0.00240. The molecule has 0 bridgehead atoms. The Labute approximate surface area is 115 Å². The normalized spacial score (nSPS) is 12.5. The first-order valence-electron chi connectivity index (χ1n) is 6.57. The second-order valence-corrected chi connectivity index (χ2v) is 5.45. The lowest BCUT2D eigenvalue weighted by Gasteiger charge is -2.28. The predicted molar refractivity (Wildman–Crippen MR) is 81.1 cm³/mol. The minimum Gasteiger partial charge on any atom is -0.192 e. The molecule has 0 saturated carbocycles. The molecule has 0 atom stereocenters. The van der Waals surface area contributed by atoms with E-state index in [1.165, 1.54) is 16.5 Å². The fourth-order valence-corrected chi connectivity index (χ4v) is 2.47. The molecular formula is C18H19N. The molecule has 0 aliphatic rings. The molecule has 0 unspecified atom stereocenters. The van der Waals surface area contributed by atoms with Crippen LogP contribution < -0.4 is 0 Å². The number of hydrogen-bond donors (Lipinski definition) is 0. The van der Waals surface area contributed by atoms with Crippen molar-refractivity contribution in [3.63, 3.8) is 0 Å². The number of benzene rings is 2. The quantitative estimate of drug-likeness (QED) is 0.690. The number of allylic oxidation sites excluding steroid dienone is 2. The Morgan fingerprint density at radius 3 is 2.58 bits per heavy atom. The smallest absolute Gasteiger partial charge is 0.0991 e. The molecule has 0 amide bonds. The Kier molecular flexibility index (Phi) is 3.44. The lowest BCUT2D eigenvalue weighted by Crippen LogP contribution is -2.19. The van der Waals surface area contributed by atoms with Crippen LogP contribution in [0.5, 0.6) is 0 Å². The predicted octanol–water partition coefficient (Wildman–Crippen LogP) is 4.96. The van der Waals surface area contributed by atoms with Gasteiger partial charge in [0.15, 0.2) is 0 Å². The Morgan fingerprint density at radius 1 is 1.21 bits per heavy atom. The van der Waals surface area contributed by atoms with Crippen molar-refractivity contribution in [1.82, 2.24) is 0 Å². The van der Waals surface area contributed by atoms with Crippen LogP contribution in [0.3, 0.4) is 0 Å². The van der Waals surface area contributed by atoms with E-state index in [1.54, 1.807) is 0 Å². The molecule has 0 fully saturated rings. The van der Waals surface area contributed by atoms with Gasteiger partial charge in [-0.25, -0.2) is 0 Å². The number of fused-ring (bicyclic) bond motifs is 1. The van der Waals surface area contributed by atoms with E-state index in [9.17, 15) is 0 Å². The lowest BCUT2D eigenvalue weighted by molar-refractivity contribution is 0.628. The molecule has 0 heterocycles. The van der Waals surface area contributed by atoms with Crippen LogP contribution >= 0.6 is 0 Å². The SMILES string of the molecule is CC=C(C)C(C)(C)c1cccc2cc(C#N)ccc12. The first-order valence-corrected chi connectivity index (χ1v) is 6.57. The van der Waals surface area contributed by atoms with E-state index in [1.807, 2.05) is 12.1 Å². The Morgan fingerprint density at radius 2 is 1.95 bits per heavy atom. The molecule has 2 rings (SSSR count). The molecule has 2 aromatic rings. The summed E-state index contributed by atoms with van der Waals surface area (Å²) >= 11 is 0. The van der Waals surface area contributed by atoms with Gasteiger partial charge in [-0.15, -0.1) is 0 Å². The molecule has 2 aromatic carbocycles. The highest BCUT2D eigenvalue weighted by molar-refractivity contribution is 5.88. The van der Waals surface area contributed by atoms with E-state index in [0.29, 0.717) is 5.56 Å².